The van der Waals surface area contributed by atoms with Gasteiger partial charge in [-0.15, -0.1) is 0 Å². The van der Waals surface area contributed by atoms with Crippen molar-refractivity contribution >= 4 is 29.3 Å². The molecule has 1 aromatic carbocycles. The molecule has 2 aliphatic heterocycles. The Morgan fingerprint density at radius 3 is 2.80 bits per heavy atom. The Morgan fingerprint density at radius 1 is 1.30 bits per heavy atom. The topological polar surface area (TPSA) is 32.3 Å². The second-order valence-corrected chi connectivity index (χ2v) is 7.21. The number of carbonyl (C=O) groups is 1. The second kappa shape index (κ2) is 6.37. The van der Waals surface area contributed by atoms with Gasteiger partial charge in [-0.25, -0.2) is 0 Å². The Balaban J connectivity index is 1.72. The van der Waals surface area contributed by atoms with E-state index in [-0.39, 0.29) is 12.1 Å². The molecule has 20 heavy (non-hydrogen) atoms. The van der Waals surface area contributed by atoms with Crippen LogP contribution in [0.2, 0.25) is 5.02 Å². The van der Waals surface area contributed by atoms with Gasteiger partial charge in [0.2, 0.25) is 5.91 Å². The number of carbonyl (C=O) groups excluding carboxylic acids is 1. The highest BCUT2D eigenvalue weighted by Crippen LogP contribution is 2.30. The first-order chi connectivity index (χ1) is 9.74. The highest BCUT2D eigenvalue weighted by molar-refractivity contribution is 7.99. The van der Waals surface area contributed by atoms with E-state index in [9.17, 15) is 4.79 Å². The molecule has 0 spiro atoms. The lowest BCUT2D eigenvalue weighted by molar-refractivity contribution is -0.128. The Kier molecular flexibility index (Phi) is 4.54. The van der Waals surface area contributed by atoms with Crippen molar-refractivity contribution in [1.29, 1.82) is 0 Å². The molecule has 2 fully saturated rings. The van der Waals surface area contributed by atoms with Gasteiger partial charge in [0.05, 0.1) is 6.54 Å². The van der Waals surface area contributed by atoms with Crippen LogP contribution in [0.3, 0.4) is 0 Å². The minimum absolute atomic E-state index is 0.00212. The molecule has 1 aromatic rings. The van der Waals surface area contributed by atoms with Crippen LogP contribution in [-0.2, 0) is 4.79 Å². The van der Waals surface area contributed by atoms with Gasteiger partial charge in [-0.1, -0.05) is 30.2 Å². The van der Waals surface area contributed by atoms with Crippen LogP contribution in [0.15, 0.2) is 24.3 Å². The van der Waals surface area contributed by atoms with E-state index in [4.69, 9.17) is 11.6 Å². The van der Waals surface area contributed by atoms with Crippen LogP contribution in [-0.4, -0.2) is 34.9 Å². The van der Waals surface area contributed by atoms with Gasteiger partial charge in [0.25, 0.3) is 0 Å². The summed E-state index contributed by atoms with van der Waals surface area (Å²) >= 11 is 7.94. The third kappa shape index (κ3) is 3.13. The maximum absolute atomic E-state index is 12.1. The molecule has 0 saturated carbocycles. The summed E-state index contributed by atoms with van der Waals surface area (Å²) in [6, 6.07) is 7.77. The summed E-state index contributed by atoms with van der Waals surface area (Å²) in [6.45, 7) is 1.29. The summed E-state index contributed by atoms with van der Waals surface area (Å²) in [4.78, 5) is 14.1. The normalized spacial score (nSPS) is 27.1. The minimum Gasteiger partial charge on any atom is -0.321 e. The van der Waals surface area contributed by atoms with Crippen LogP contribution in [0.1, 0.15) is 31.0 Å². The van der Waals surface area contributed by atoms with Crippen molar-refractivity contribution in [2.75, 3.05) is 18.8 Å². The molecule has 0 aromatic heterocycles. The van der Waals surface area contributed by atoms with E-state index in [1.165, 1.54) is 25.0 Å². The lowest BCUT2D eigenvalue weighted by atomic mass is 10.1. The summed E-state index contributed by atoms with van der Waals surface area (Å²) < 4.78 is 0. The molecular weight excluding hydrogens is 292 g/mol. The van der Waals surface area contributed by atoms with Crippen molar-refractivity contribution in [1.82, 2.24) is 10.2 Å². The summed E-state index contributed by atoms with van der Waals surface area (Å²) in [7, 11) is 0. The summed E-state index contributed by atoms with van der Waals surface area (Å²) in [5, 5.41) is 4.62. The SMILES string of the molecule is O=C1CNC(c2ccc(Cl)cc2)N1CC1CCCCS1. The first kappa shape index (κ1) is 14.2. The standard InChI is InChI=1S/C15H19ClN2OS/c16-12-6-4-11(5-7-12)15-17-9-14(19)18(15)10-13-3-1-2-8-20-13/h4-7,13,15,17H,1-3,8-10H2. The molecule has 2 heterocycles. The van der Waals surface area contributed by atoms with Crippen molar-refractivity contribution in [2.45, 2.75) is 30.7 Å². The zero-order valence-corrected chi connectivity index (χ0v) is 12.9. The molecule has 1 N–H and O–H groups in total. The van der Waals surface area contributed by atoms with Gasteiger partial charge in [-0.3, -0.25) is 10.1 Å². The van der Waals surface area contributed by atoms with Gasteiger partial charge >= 0.3 is 0 Å². The summed E-state index contributed by atoms with van der Waals surface area (Å²) in [5.74, 6) is 1.43. The zero-order valence-electron chi connectivity index (χ0n) is 11.3. The maximum Gasteiger partial charge on any atom is 0.238 e. The third-order valence-electron chi connectivity index (χ3n) is 3.94. The summed E-state index contributed by atoms with van der Waals surface area (Å²) in [6.07, 6.45) is 3.83. The number of hydrogen-bond acceptors (Lipinski definition) is 3. The molecule has 2 unspecified atom stereocenters. The smallest absolute Gasteiger partial charge is 0.238 e. The zero-order chi connectivity index (χ0) is 13.9. The quantitative estimate of drug-likeness (QED) is 0.931. The van der Waals surface area contributed by atoms with Gasteiger partial charge < -0.3 is 4.90 Å². The van der Waals surface area contributed by atoms with E-state index in [1.807, 2.05) is 40.9 Å². The molecular formula is C15H19ClN2OS. The maximum atomic E-state index is 12.1. The monoisotopic (exact) mass is 310 g/mol. The first-order valence-corrected chi connectivity index (χ1v) is 8.56. The van der Waals surface area contributed by atoms with Crippen LogP contribution in [0, 0.1) is 0 Å². The van der Waals surface area contributed by atoms with Crippen molar-refractivity contribution in [3.63, 3.8) is 0 Å². The predicted octanol–water partition coefficient (Wildman–Crippen LogP) is 3.06. The van der Waals surface area contributed by atoms with Crippen molar-refractivity contribution in [2.24, 2.45) is 0 Å². The Bertz CT molecular complexity index is 473. The van der Waals surface area contributed by atoms with E-state index in [0.29, 0.717) is 11.8 Å². The molecule has 3 nitrogen and oxygen atoms in total. The number of nitrogens with one attached hydrogen (secondary N) is 1. The number of halogens is 1. The van der Waals surface area contributed by atoms with Gasteiger partial charge in [0.15, 0.2) is 0 Å². The van der Waals surface area contributed by atoms with Gasteiger partial charge in [0.1, 0.15) is 6.17 Å². The number of amides is 1. The number of thioether (sulfide) groups is 1. The molecule has 3 rings (SSSR count). The number of nitrogens with zero attached hydrogens (tertiary/aromatic N) is 1. The third-order valence-corrected chi connectivity index (χ3v) is 5.57. The van der Waals surface area contributed by atoms with Crippen molar-refractivity contribution in [3.05, 3.63) is 34.9 Å². The van der Waals surface area contributed by atoms with Crippen LogP contribution >= 0.6 is 23.4 Å². The molecule has 0 aliphatic carbocycles. The highest BCUT2D eigenvalue weighted by atomic mass is 35.5. The van der Waals surface area contributed by atoms with E-state index in [2.05, 4.69) is 5.32 Å². The highest BCUT2D eigenvalue weighted by Gasteiger charge is 2.33. The lowest BCUT2D eigenvalue weighted by Crippen LogP contribution is -2.36. The second-order valence-electron chi connectivity index (χ2n) is 5.37. The van der Waals surface area contributed by atoms with Crippen LogP contribution < -0.4 is 5.32 Å². The Hall–Kier alpha value is -0.710. The molecule has 0 bridgehead atoms. The van der Waals surface area contributed by atoms with Gasteiger partial charge in [-0.2, -0.15) is 11.8 Å². The van der Waals surface area contributed by atoms with Crippen LogP contribution in [0.25, 0.3) is 0 Å². The van der Waals surface area contributed by atoms with Crippen LogP contribution in [0.4, 0.5) is 0 Å². The molecule has 5 heteroatoms. The van der Waals surface area contributed by atoms with Crippen molar-refractivity contribution in [3.8, 4) is 0 Å². The van der Waals surface area contributed by atoms with Crippen molar-refractivity contribution < 1.29 is 4.79 Å². The molecule has 2 atom stereocenters. The largest absolute Gasteiger partial charge is 0.321 e. The summed E-state index contributed by atoms with van der Waals surface area (Å²) in [5.41, 5.74) is 1.11. The lowest BCUT2D eigenvalue weighted by Gasteiger charge is -2.30. The molecule has 1 amide bonds. The molecule has 0 radical (unpaired) electrons. The average molecular weight is 311 g/mol. The fourth-order valence-corrected chi connectivity index (χ4v) is 4.29. The molecule has 2 saturated heterocycles. The number of benzene rings is 1. The van der Waals surface area contributed by atoms with E-state index < -0.39 is 0 Å². The first-order valence-electron chi connectivity index (χ1n) is 7.14. The molecule has 108 valence electrons. The van der Waals surface area contributed by atoms with Crippen LogP contribution in [0.5, 0.6) is 0 Å². The number of hydrogen-bond donors (Lipinski definition) is 1. The Labute approximate surface area is 129 Å². The minimum atomic E-state index is 0.00212. The predicted molar refractivity (Wildman–Crippen MR) is 84.0 cm³/mol. The van der Waals surface area contributed by atoms with Gasteiger partial charge in [0, 0.05) is 16.8 Å². The Morgan fingerprint density at radius 2 is 2.10 bits per heavy atom. The molecule has 2 aliphatic rings. The van der Waals surface area contributed by atoms with Gasteiger partial charge in [-0.05, 0) is 36.3 Å². The van der Waals surface area contributed by atoms with E-state index >= 15 is 0 Å². The number of rotatable bonds is 3. The fraction of sp³-hybridized carbons (Fsp3) is 0.533. The average Bonchev–Trinajstić information content (AvgIpc) is 2.83. The van der Waals surface area contributed by atoms with E-state index in [0.717, 1.165) is 17.1 Å². The van der Waals surface area contributed by atoms with E-state index in [1.54, 1.807) is 0 Å². The fourth-order valence-electron chi connectivity index (χ4n) is 2.86.